The van der Waals surface area contributed by atoms with Gasteiger partial charge in [0, 0.05) is 28.7 Å². The zero-order chi connectivity index (χ0) is 28.5. The van der Waals surface area contributed by atoms with Gasteiger partial charge in [0.05, 0.1) is 35.9 Å². The van der Waals surface area contributed by atoms with Gasteiger partial charge in [-0.05, 0) is 70.1 Å². The summed E-state index contributed by atoms with van der Waals surface area (Å²) in [4.78, 5) is 9.01. The largest absolute Gasteiger partial charge is 0.405 e. The first-order chi connectivity index (χ1) is 18.6. The Kier molecular flexibility index (Phi) is 10.7. The number of nitrogens with one attached hydrogen (secondary N) is 3. The monoisotopic (exact) mass is 533 g/mol. The van der Waals surface area contributed by atoms with E-state index in [4.69, 9.17) is 21.9 Å². The molecule has 0 bridgehead atoms. The Morgan fingerprint density at radius 1 is 1.26 bits per heavy atom. The van der Waals surface area contributed by atoms with E-state index in [9.17, 15) is 0 Å². The van der Waals surface area contributed by atoms with Gasteiger partial charge in [0.1, 0.15) is 5.69 Å². The molecule has 3 rings (SSSR count). The maximum atomic E-state index is 15.1. The summed E-state index contributed by atoms with van der Waals surface area (Å²) in [5.74, 6) is 0.465. The molecule has 0 saturated heterocycles. The molecule has 1 atom stereocenters. The molecule has 8 heteroatoms. The van der Waals surface area contributed by atoms with Crippen molar-refractivity contribution in [3.8, 4) is 0 Å². The highest BCUT2D eigenvalue weighted by molar-refractivity contribution is 6.21. The van der Waals surface area contributed by atoms with Crippen LogP contribution in [-0.4, -0.2) is 29.0 Å². The summed E-state index contributed by atoms with van der Waals surface area (Å²) in [7, 11) is 0. The molecule has 1 aromatic heterocycles. The van der Waals surface area contributed by atoms with Crippen molar-refractivity contribution >= 4 is 22.7 Å². The van der Waals surface area contributed by atoms with Gasteiger partial charge in [-0.3, -0.25) is 9.98 Å². The zero-order valence-corrected chi connectivity index (χ0v) is 23.6. The van der Waals surface area contributed by atoms with Crippen molar-refractivity contribution in [2.75, 3.05) is 11.9 Å². The van der Waals surface area contributed by atoms with Crippen LogP contribution in [0.1, 0.15) is 71.4 Å². The Hall–Kier alpha value is -3.68. The fourth-order valence-corrected chi connectivity index (χ4v) is 5.18. The summed E-state index contributed by atoms with van der Waals surface area (Å²) in [5, 5.41) is 14.8. The second-order valence-corrected chi connectivity index (χ2v) is 10.8. The number of nitrogens with zero attached hydrogens (tertiary/aromatic N) is 2. The van der Waals surface area contributed by atoms with Crippen LogP contribution in [0.3, 0.4) is 0 Å². The molecule has 2 fully saturated rings. The third kappa shape index (κ3) is 8.15. The summed E-state index contributed by atoms with van der Waals surface area (Å²) >= 11 is 0. The Labute approximate surface area is 232 Å². The van der Waals surface area contributed by atoms with Gasteiger partial charge in [0.15, 0.2) is 5.82 Å². The van der Waals surface area contributed by atoms with Crippen molar-refractivity contribution in [2.45, 2.75) is 71.8 Å². The van der Waals surface area contributed by atoms with Gasteiger partial charge >= 0.3 is 0 Å². The minimum absolute atomic E-state index is 0.0641. The third-order valence-electron chi connectivity index (χ3n) is 7.59. The van der Waals surface area contributed by atoms with Crippen molar-refractivity contribution < 1.29 is 4.39 Å². The summed E-state index contributed by atoms with van der Waals surface area (Å²) < 4.78 is 15.1. The van der Waals surface area contributed by atoms with Crippen LogP contribution in [0.2, 0.25) is 0 Å². The lowest BCUT2D eigenvalue weighted by atomic mass is 9.78. The number of hydrogen-bond donors (Lipinski definition) is 5. The second-order valence-electron chi connectivity index (χ2n) is 10.8. The third-order valence-corrected chi connectivity index (χ3v) is 7.59. The number of nitrogens with two attached hydrogens (primary N) is 2. The minimum atomic E-state index is -0.553. The maximum absolute atomic E-state index is 15.1. The number of aliphatic imine (C=N–C) groups is 1. The van der Waals surface area contributed by atoms with Gasteiger partial charge in [0.25, 0.3) is 0 Å². The van der Waals surface area contributed by atoms with Gasteiger partial charge in [-0.15, -0.1) is 0 Å². The van der Waals surface area contributed by atoms with Crippen molar-refractivity contribution in [3.63, 3.8) is 0 Å². The van der Waals surface area contributed by atoms with E-state index < -0.39 is 5.82 Å². The lowest BCUT2D eigenvalue weighted by Gasteiger charge is -2.35. The Bertz CT molecular complexity index is 1190. The number of halogens is 1. The summed E-state index contributed by atoms with van der Waals surface area (Å²) in [6.45, 7) is 14.7. The first-order valence-corrected chi connectivity index (χ1v) is 13.8. The molecule has 0 spiro atoms. The van der Waals surface area contributed by atoms with Gasteiger partial charge in [0.2, 0.25) is 0 Å². The number of pyridine rings is 1. The average molecular weight is 534 g/mol. The topological polar surface area (TPSA) is 125 Å². The maximum Gasteiger partial charge on any atom is 0.151 e. The summed E-state index contributed by atoms with van der Waals surface area (Å²) in [6, 6.07) is 1.21. The molecule has 0 amide bonds. The van der Waals surface area contributed by atoms with Crippen LogP contribution >= 0.6 is 0 Å². The quantitative estimate of drug-likeness (QED) is 0.162. The van der Waals surface area contributed by atoms with Crippen LogP contribution in [0.4, 0.5) is 10.1 Å². The summed E-state index contributed by atoms with van der Waals surface area (Å²) in [5.41, 5.74) is 16.5. The molecule has 7 nitrogen and oxygen atoms in total. The summed E-state index contributed by atoms with van der Waals surface area (Å²) in [6.07, 6.45) is 14.9. The van der Waals surface area contributed by atoms with Gasteiger partial charge in [-0.25, -0.2) is 4.39 Å². The van der Waals surface area contributed by atoms with E-state index in [2.05, 4.69) is 41.8 Å². The SMILES string of the molecule is C=C(NC(C(=C)Nc1cnc(/C(C(C)=N)=C(\C)N)c(F)c1)C1CCC(C)CC1)C(/C=C\N)=NCC=C1CCC1. The lowest BCUT2D eigenvalue weighted by Crippen LogP contribution is -2.42. The van der Waals surface area contributed by atoms with Crippen LogP contribution in [0.5, 0.6) is 0 Å². The fraction of sp³-hybridized carbons (Fsp3) is 0.452. The second kappa shape index (κ2) is 13.9. The molecule has 0 aliphatic heterocycles. The molecule has 7 N–H and O–H groups in total. The standard InChI is InChI=1S/C31H44FN7/c1-19-9-11-25(12-10-19)30(39-22(4)28(13-15-33)36-16-14-24-7-6-8-24)23(5)38-26-17-27(32)31(37-18-26)29(20(2)34)21(3)35/h13-15,17-19,25,30,34,38-39H,4-12,16,33,35H2,1-3H3/b15-13-,29-21+,34-20?,36-28?. The van der Waals surface area contributed by atoms with Crippen LogP contribution < -0.4 is 22.1 Å². The van der Waals surface area contributed by atoms with Gasteiger partial charge in [-0.1, -0.05) is 44.6 Å². The molecule has 39 heavy (non-hydrogen) atoms. The Morgan fingerprint density at radius 3 is 2.49 bits per heavy atom. The normalized spacial score (nSPS) is 21.0. The molecule has 0 aromatic carbocycles. The number of allylic oxidation sites excluding steroid dienone is 4. The van der Waals surface area contributed by atoms with E-state index in [1.807, 2.05) is 0 Å². The highest BCUT2D eigenvalue weighted by atomic mass is 19.1. The first kappa shape index (κ1) is 29.9. The van der Waals surface area contributed by atoms with E-state index in [-0.39, 0.29) is 17.4 Å². The first-order valence-electron chi connectivity index (χ1n) is 13.8. The molecule has 210 valence electrons. The molecule has 1 aromatic rings. The molecule has 2 saturated carbocycles. The van der Waals surface area contributed by atoms with E-state index in [1.165, 1.54) is 24.3 Å². The zero-order valence-electron chi connectivity index (χ0n) is 23.6. The highest BCUT2D eigenvalue weighted by Crippen LogP contribution is 2.33. The Balaban J connectivity index is 1.81. The number of hydrogen-bond acceptors (Lipinski definition) is 7. The van der Waals surface area contributed by atoms with Crippen molar-refractivity contribution in [1.82, 2.24) is 10.3 Å². The molecule has 1 heterocycles. The van der Waals surface area contributed by atoms with E-state index >= 15 is 4.39 Å². The molecule has 0 radical (unpaired) electrons. The predicted octanol–water partition coefficient (Wildman–Crippen LogP) is 6.20. The Morgan fingerprint density at radius 2 is 1.95 bits per heavy atom. The smallest absolute Gasteiger partial charge is 0.151 e. The molecule has 2 aliphatic carbocycles. The number of aromatic nitrogens is 1. The highest BCUT2D eigenvalue weighted by Gasteiger charge is 2.29. The van der Waals surface area contributed by atoms with E-state index in [1.54, 1.807) is 26.1 Å². The van der Waals surface area contributed by atoms with Crippen molar-refractivity contribution in [3.05, 3.63) is 77.9 Å². The molecular formula is C31H44FN7. The van der Waals surface area contributed by atoms with Crippen molar-refractivity contribution in [1.29, 1.82) is 5.41 Å². The molecule has 2 aliphatic rings. The van der Waals surface area contributed by atoms with Gasteiger partial charge in [-0.2, -0.15) is 0 Å². The van der Waals surface area contributed by atoms with Crippen LogP contribution in [-0.2, 0) is 0 Å². The van der Waals surface area contributed by atoms with Crippen LogP contribution in [0.25, 0.3) is 5.57 Å². The predicted molar refractivity (Wildman–Crippen MR) is 162 cm³/mol. The fourth-order valence-electron chi connectivity index (χ4n) is 5.18. The van der Waals surface area contributed by atoms with Crippen LogP contribution in [0.15, 0.2) is 71.4 Å². The number of rotatable bonds is 12. The van der Waals surface area contributed by atoms with E-state index in [0.717, 1.165) is 38.5 Å². The van der Waals surface area contributed by atoms with Gasteiger partial charge < -0.3 is 27.5 Å². The minimum Gasteiger partial charge on any atom is -0.405 e. The van der Waals surface area contributed by atoms with Crippen LogP contribution in [0, 0.1) is 23.1 Å². The number of anilines is 1. The van der Waals surface area contributed by atoms with Crippen molar-refractivity contribution in [2.24, 2.45) is 28.3 Å². The molecule has 1 unspecified atom stereocenters. The molecular weight excluding hydrogens is 489 g/mol. The van der Waals surface area contributed by atoms with E-state index in [0.29, 0.717) is 52.4 Å². The average Bonchev–Trinajstić information content (AvgIpc) is 2.85. The lowest BCUT2D eigenvalue weighted by molar-refractivity contribution is 0.256.